The molecule has 311 valence electrons. The second-order valence-corrected chi connectivity index (χ2v) is 20.8. The number of nitrogens with one attached hydrogen (secondary N) is 2. The molecule has 1 aromatic heterocycles. The lowest BCUT2D eigenvalue weighted by Gasteiger charge is -2.18. The molecule has 0 saturated carbocycles. The first-order chi connectivity index (χ1) is 27.9. The standard InChI is InChI=1S/C46H66N5S6/c1-8-14-24-52-38-30-36(31-39(53-25-15-9-2)42(38)56-28-18-12-5)47-45-49-44(35-22-20-34(7)21-23-35)50-46(51-45)48-37-32-40(54-26-16-10-3)43(57-29-19-13-6)41(33-37)55-27-17-11-4/h20-23,30-33H,7-19,24-29H2,1-6H3,(H2,47,48,49,50,51). The van der Waals surface area contributed by atoms with E-state index in [1.807, 2.05) is 94.8 Å². The number of aromatic nitrogens is 3. The summed E-state index contributed by atoms with van der Waals surface area (Å²) in [6.07, 6.45) is 14.4. The molecule has 0 aliphatic carbocycles. The van der Waals surface area contributed by atoms with Gasteiger partial charge in [-0.1, -0.05) is 104 Å². The van der Waals surface area contributed by atoms with Crippen LogP contribution >= 0.6 is 70.6 Å². The topological polar surface area (TPSA) is 62.7 Å². The fourth-order valence-corrected chi connectivity index (χ4v) is 13.5. The molecule has 5 nitrogen and oxygen atoms in total. The van der Waals surface area contributed by atoms with Gasteiger partial charge in [-0.05, 0) is 110 Å². The van der Waals surface area contributed by atoms with Crippen LogP contribution in [-0.2, 0) is 0 Å². The normalized spacial score (nSPS) is 11.4. The highest BCUT2D eigenvalue weighted by atomic mass is 32.2. The summed E-state index contributed by atoms with van der Waals surface area (Å²) < 4.78 is 0. The lowest BCUT2D eigenvalue weighted by molar-refractivity contribution is 0.889. The maximum atomic E-state index is 5.06. The summed E-state index contributed by atoms with van der Waals surface area (Å²) in [7, 11) is 0. The van der Waals surface area contributed by atoms with Crippen LogP contribution in [0.4, 0.5) is 23.3 Å². The van der Waals surface area contributed by atoms with Crippen LogP contribution in [0.2, 0.25) is 0 Å². The van der Waals surface area contributed by atoms with Crippen LogP contribution in [0.5, 0.6) is 0 Å². The van der Waals surface area contributed by atoms with Gasteiger partial charge in [0.25, 0.3) is 0 Å². The highest BCUT2D eigenvalue weighted by Crippen LogP contribution is 2.44. The van der Waals surface area contributed by atoms with E-state index in [2.05, 4.69) is 83.4 Å². The van der Waals surface area contributed by atoms with E-state index < -0.39 is 0 Å². The summed E-state index contributed by atoms with van der Waals surface area (Å²) >= 11 is 12.0. The van der Waals surface area contributed by atoms with E-state index in [1.54, 1.807) is 0 Å². The molecule has 0 aliphatic rings. The van der Waals surface area contributed by atoms with Gasteiger partial charge >= 0.3 is 0 Å². The Labute approximate surface area is 371 Å². The smallest absolute Gasteiger partial charge is 0.232 e. The van der Waals surface area contributed by atoms with Gasteiger partial charge in [0.2, 0.25) is 11.9 Å². The van der Waals surface area contributed by atoms with Crippen LogP contribution in [0, 0.1) is 6.92 Å². The molecule has 4 rings (SSSR count). The third kappa shape index (κ3) is 16.7. The van der Waals surface area contributed by atoms with Crippen molar-refractivity contribution >= 4 is 93.8 Å². The molecule has 0 unspecified atom stereocenters. The van der Waals surface area contributed by atoms with E-state index in [1.165, 1.54) is 106 Å². The van der Waals surface area contributed by atoms with Crippen molar-refractivity contribution in [2.45, 2.75) is 148 Å². The van der Waals surface area contributed by atoms with Crippen LogP contribution in [0.3, 0.4) is 0 Å². The van der Waals surface area contributed by atoms with Crippen LogP contribution in [0.15, 0.2) is 77.9 Å². The van der Waals surface area contributed by atoms with E-state index >= 15 is 0 Å². The molecule has 1 radical (unpaired) electrons. The summed E-state index contributed by atoms with van der Waals surface area (Å²) in [6.45, 7) is 17.8. The van der Waals surface area contributed by atoms with Gasteiger partial charge in [-0.3, -0.25) is 0 Å². The molecule has 0 atom stereocenters. The molecule has 1 heterocycles. The van der Waals surface area contributed by atoms with E-state index in [9.17, 15) is 0 Å². The molecule has 0 fully saturated rings. The Morgan fingerprint density at radius 1 is 0.439 bits per heavy atom. The molecule has 0 saturated heterocycles. The monoisotopic (exact) mass is 880 g/mol. The van der Waals surface area contributed by atoms with E-state index in [0.717, 1.165) is 57.0 Å². The molecule has 4 aromatic rings. The molecule has 0 spiro atoms. The number of nitrogens with zero attached hydrogens (tertiary/aromatic N) is 3. The summed E-state index contributed by atoms with van der Waals surface area (Å²) in [5.41, 5.74) is 3.92. The molecule has 0 bridgehead atoms. The van der Waals surface area contributed by atoms with Gasteiger partial charge in [0, 0.05) is 46.3 Å². The Morgan fingerprint density at radius 2 is 0.754 bits per heavy atom. The van der Waals surface area contributed by atoms with Gasteiger partial charge in [0.1, 0.15) is 0 Å². The Morgan fingerprint density at radius 3 is 1.07 bits per heavy atom. The number of rotatable bonds is 29. The second kappa shape index (κ2) is 28.0. The predicted octanol–water partition coefficient (Wildman–Crippen LogP) is 16.6. The quantitative estimate of drug-likeness (QED) is 0.0405. The zero-order valence-electron chi connectivity index (χ0n) is 35.3. The van der Waals surface area contributed by atoms with E-state index in [0.29, 0.717) is 17.7 Å². The molecular weight excluding hydrogens is 815 g/mol. The van der Waals surface area contributed by atoms with Gasteiger partial charge in [-0.15, -0.1) is 70.6 Å². The van der Waals surface area contributed by atoms with E-state index in [4.69, 9.17) is 15.0 Å². The SMILES string of the molecule is [CH2]c1ccc(-c2nc(Nc3cc(SCCCC)c(SCCCC)c(SCCCC)c3)nc(Nc3cc(SCCCC)c(SCCCC)c(SCCCC)c3)n2)cc1. The van der Waals surface area contributed by atoms with Crippen LogP contribution < -0.4 is 10.6 Å². The third-order valence-electron chi connectivity index (χ3n) is 8.91. The van der Waals surface area contributed by atoms with Crippen molar-refractivity contribution in [1.82, 2.24) is 15.0 Å². The molecule has 3 aromatic carbocycles. The maximum absolute atomic E-state index is 5.06. The largest absolute Gasteiger partial charge is 0.324 e. The van der Waals surface area contributed by atoms with Crippen molar-refractivity contribution in [2.75, 3.05) is 45.2 Å². The van der Waals surface area contributed by atoms with Gasteiger partial charge in [0.15, 0.2) is 5.82 Å². The van der Waals surface area contributed by atoms with Gasteiger partial charge in [0.05, 0.1) is 0 Å². The van der Waals surface area contributed by atoms with Crippen LogP contribution in [-0.4, -0.2) is 49.5 Å². The molecule has 0 aliphatic heterocycles. The van der Waals surface area contributed by atoms with Crippen molar-refractivity contribution in [1.29, 1.82) is 0 Å². The third-order valence-corrected chi connectivity index (χ3v) is 16.4. The minimum atomic E-state index is 0.531. The fraction of sp³-hybridized carbons (Fsp3) is 0.522. The molecule has 57 heavy (non-hydrogen) atoms. The first kappa shape index (κ1) is 48.0. The first-order valence-electron chi connectivity index (χ1n) is 21.3. The average Bonchev–Trinajstić information content (AvgIpc) is 3.20. The first-order valence-corrected chi connectivity index (χ1v) is 27.2. The van der Waals surface area contributed by atoms with Crippen LogP contribution in [0.1, 0.15) is 124 Å². The average molecular weight is 881 g/mol. The van der Waals surface area contributed by atoms with Crippen molar-refractivity contribution in [3.63, 3.8) is 0 Å². The zero-order valence-corrected chi connectivity index (χ0v) is 40.2. The Hall–Kier alpha value is -1.63. The highest BCUT2D eigenvalue weighted by Gasteiger charge is 2.18. The van der Waals surface area contributed by atoms with Gasteiger partial charge < -0.3 is 10.6 Å². The number of anilines is 4. The molecule has 0 amide bonds. The maximum Gasteiger partial charge on any atom is 0.232 e. The lowest BCUT2D eigenvalue weighted by Crippen LogP contribution is -2.06. The van der Waals surface area contributed by atoms with Gasteiger partial charge in [-0.2, -0.15) is 15.0 Å². The Balaban J connectivity index is 1.79. The molecule has 11 heteroatoms. The molecule has 2 N–H and O–H groups in total. The Kier molecular flexibility index (Phi) is 23.6. The number of benzene rings is 3. The van der Waals surface area contributed by atoms with Crippen molar-refractivity contribution in [3.05, 3.63) is 61.0 Å². The number of hydrogen-bond acceptors (Lipinski definition) is 11. The van der Waals surface area contributed by atoms with Crippen molar-refractivity contribution < 1.29 is 0 Å². The molecular formula is C46H66N5S6. The summed E-state index contributed by atoms with van der Waals surface area (Å²) in [5, 5.41) is 7.35. The summed E-state index contributed by atoms with van der Waals surface area (Å²) in [5.74, 6) is 8.41. The number of thioether (sulfide) groups is 6. The fourth-order valence-electron chi connectivity index (χ4n) is 5.48. The Bertz CT molecular complexity index is 1590. The second-order valence-electron chi connectivity index (χ2n) is 14.1. The predicted molar refractivity (Wildman–Crippen MR) is 263 cm³/mol. The van der Waals surface area contributed by atoms with Crippen LogP contribution in [0.25, 0.3) is 11.4 Å². The van der Waals surface area contributed by atoms with Crippen molar-refractivity contribution in [3.8, 4) is 11.4 Å². The minimum Gasteiger partial charge on any atom is -0.324 e. The van der Waals surface area contributed by atoms with Gasteiger partial charge in [-0.25, -0.2) is 0 Å². The van der Waals surface area contributed by atoms with Crippen molar-refractivity contribution in [2.24, 2.45) is 0 Å². The van der Waals surface area contributed by atoms with E-state index in [-0.39, 0.29) is 0 Å². The summed E-state index contributed by atoms with van der Waals surface area (Å²) in [4.78, 5) is 23.4. The zero-order chi connectivity index (χ0) is 40.7. The lowest BCUT2D eigenvalue weighted by atomic mass is 10.1. The number of unbranched alkanes of at least 4 members (excludes halogenated alkanes) is 6. The highest BCUT2D eigenvalue weighted by molar-refractivity contribution is 8.04. The number of hydrogen-bond donors (Lipinski definition) is 2. The summed E-state index contributed by atoms with van der Waals surface area (Å²) in [6, 6.07) is 17.4. The minimum absolute atomic E-state index is 0.531.